The van der Waals surface area contributed by atoms with Crippen LogP contribution in [0.4, 0.5) is 0 Å². The van der Waals surface area contributed by atoms with Crippen molar-refractivity contribution in [2.24, 2.45) is 5.10 Å². The third-order valence-corrected chi connectivity index (χ3v) is 6.43. The standard InChI is InChI=1S/C24H20Br2Cl2N2O2/c1-14-3-4-15(2)18(7-14)10-23(31)30-29-12-16-8-20(25)24(21(26)9-16)32-13-17-5-6-19(27)11-22(17)28/h3-9,11-12H,10,13H2,1-2H3,(H,30,31)/b29-12+. The fourth-order valence-electron chi connectivity index (χ4n) is 2.96. The van der Waals surface area contributed by atoms with Crippen LogP contribution in [0.15, 0.2) is 62.6 Å². The number of rotatable bonds is 7. The molecule has 0 fully saturated rings. The summed E-state index contributed by atoms with van der Waals surface area (Å²) in [5, 5.41) is 5.20. The van der Waals surface area contributed by atoms with Crippen molar-refractivity contribution in [1.29, 1.82) is 0 Å². The number of aryl methyl sites for hydroxylation is 2. The number of nitrogens with one attached hydrogen (secondary N) is 1. The van der Waals surface area contributed by atoms with E-state index >= 15 is 0 Å². The highest BCUT2D eigenvalue weighted by Crippen LogP contribution is 2.35. The molecule has 3 rings (SSSR count). The molecule has 0 spiro atoms. The Bertz CT molecular complexity index is 1160. The topological polar surface area (TPSA) is 50.7 Å². The highest BCUT2D eigenvalue weighted by molar-refractivity contribution is 9.11. The van der Waals surface area contributed by atoms with Crippen LogP contribution in [-0.2, 0) is 17.8 Å². The van der Waals surface area contributed by atoms with Gasteiger partial charge in [-0.05, 0) is 86.7 Å². The summed E-state index contributed by atoms with van der Waals surface area (Å²) in [6.07, 6.45) is 1.86. The Labute approximate surface area is 214 Å². The third-order valence-electron chi connectivity index (χ3n) is 4.67. The molecule has 0 aliphatic carbocycles. The van der Waals surface area contributed by atoms with Gasteiger partial charge in [0.15, 0.2) is 0 Å². The van der Waals surface area contributed by atoms with Crippen molar-refractivity contribution in [3.8, 4) is 5.75 Å². The number of ether oxygens (including phenoxy) is 1. The lowest BCUT2D eigenvalue weighted by Gasteiger charge is -2.12. The van der Waals surface area contributed by atoms with Crippen LogP contribution >= 0.6 is 55.1 Å². The van der Waals surface area contributed by atoms with Crippen molar-refractivity contribution in [2.75, 3.05) is 0 Å². The first kappa shape index (κ1) is 24.8. The van der Waals surface area contributed by atoms with Gasteiger partial charge in [-0.15, -0.1) is 0 Å². The van der Waals surface area contributed by atoms with Crippen LogP contribution in [-0.4, -0.2) is 12.1 Å². The van der Waals surface area contributed by atoms with E-state index in [1.165, 1.54) is 0 Å². The van der Waals surface area contributed by atoms with Gasteiger partial charge in [0.2, 0.25) is 5.91 Å². The van der Waals surface area contributed by atoms with Crippen molar-refractivity contribution in [2.45, 2.75) is 26.9 Å². The quantitative estimate of drug-likeness (QED) is 0.227. The van der Waals surface area contributed by atoms with Gasteiger partial charge in [0.25, 0.3) is 0 Å². The van der Waals surface area contributed by atoms with Crippen LogP contribution in [0.5, 0.6) is 5.75 Å². The molecule has 32 heavy (non-hydrogen) atoms. The molecule has 0 saturated carbocycles. The number of carbonyl (C=O) groups excluding carboxylic acids is 1. The molecule has 0 unspecified atom stereocenters. The van der Waals surface area contributed by atoms with E-state index in [-0.39, 0.29) is 18.9 Å². The summed E-state index contributed by atoms with van der Waals surface area (Å²) >= 11 is 19.2. The molecule has 166 valence electrons. The molecule has 0 atom stereocenters. The van der Waals surface area contributed by atoms with Crippen LogP contribution in [0.1, 0.15) is 27.8 Å². The second-order valence-corrected chi connectivity index (χ2v) is 9.79. The third kappa shape index (κ3) is 6.82. The Morgan fingerprint density at radius 1 is 1.03 bits per heavy atom. The van der Waals surface area contributed by atoms with Crippen molar-refractivity contribution in [3.05, 3.63) is 95.3 Å². The van der Waals surface area contributed by atoms with Gasteiger partial charge in [-0.25, -0.2) is 5.43 Å². The number of halogens is 4. The fourth-order valence-corrected chi connectivity index (χ4v) is 4.88. The second-order valence-electron chi connectivity index (χ2n) is 7.24. The lowest BCUT2D eigenvalue weighted by Crippen LogP contribution is -2.20. The Hall–Kier alpha value is -1.86. The minimum Gasteiger partial charge on any atom is -0.486 e. The maximum atomic E-state index is 12.2. The Kier molecular flexibility index (Phi) is 8.77. The molecule has 0 aliphatic rings. The molecule has 0 aliphatic heterocycles. The number of carbonyl (C=O) groups is 1. The fraction of sp³-hybridized carbons (Fsp3) is 0.167. The van der Waals surface area contributed by atoms with Crippen LogP contribution in [0.2, 0.25) is 10.0 Å². The summed E-state index contributed by atoms with van der Waals surface area (Å²) in [6.45, 7) is 4.28. The average molecular weight is 599 g/mol. The number of hydrogen-bond acceptors (Lipinski definition) is 3. The maximum absolute atomic E-state index is 12.2. The highest BCUT2D eigenvalue weighted by atomic mass is 79.9. The Morgan fingerprint density at radius 2 is 1.75 bits per heavy atom. The number of hydrazone groups is 1. The molecule has 3 aromatic carbocycles. The summed E-state index contributed by atoms with van der Waals surface area (Å²) in [5.41, 5.74) is 7.39. The molecule has 1 N–H and O–H groups in total. The molecule has 3 aromatic rings. The summed E-state index contributed by atoms with van der Waals surface area (Å²) in [7, 11) is 0. The molecule has 8 heteroatoms. The van der Waals surface area contributed by atoms with E-state index in [0.717, 1.165) is 36.8 Å². The molecule has 0 bridgehead atoms. The van der Waals surface area contributed by atoms with Gasteiger partial charge in [-0.3, -0.25) is 4.79 Å². The van der Waals surface area contributed by atoms with Gasteiger partial charge in [0.1, 0.15) is 12.4 Å². The first-order valence-electron chi connectivity index (χ1n) is 9.66. The predicted molar refractivity (Wildman–Crippen MR) is 138 cm³/mol. The van der Waals surface area contributed by atoms with Crippen LogP contribution in [0.25, 0.3) is 0 Å². The lowest BCUT2D eigenvalue weighted by molar-refractivity contribution is -0.120. The predicted octanol–water partition coefficient (Wildman–Crippen LogP) is 7.41. The van der Waals surface area contributed by atoms with Crippen molar-refractivity contribution in [3.63, 3.8) is 0 Å². The Morgan fingerprint density at radius 3 is 2.44 bits per heavy atom. The largest absolute Gasteiger partial charge is 0.486 e. The van der Waals surface area contributed by atoms with E-state index in [4.69, 9.17) is 27.9 Å². The smallest absolute Gasteiger partial charge is 0.244 e. The van der Waals surface area contributed by atoms with Gasteiger partial charge >= 0.3 is 0 Å². The summed E-state index contributed by atoms with van der Waals surface area (Å²) < 4.78 is 7.40. The molecule has 1 amide bonds. The van der Waals surface area contributed by atoms with Gasteiger partial charge in [-0.2, -0.15) is 5.10 Å². The Balaban J connectivity index is 1.62. The van der Waals surface area contributed by atoms with E-state index in [0.29, 0.717) is 15.8 Å². The van der Waals surface area contributed by atoms with Crippen molar-refractivity contribution in [1.82, 2.24) is 5.43 Å². The molecular weight excluding hydrogens is 579 g/mol. The van der Waals surface area contributed by atoms with Crippen molar-refractivity contribution < 1.29 is 9.53 Å². The first-order chi connectivity index (χ1) is 15.2. The summed E-state index contributed by atoms with van der Waals surface area (Å²) in [4.78, 5) is 12.2. The zero-order valence-electron chi connectivity index (χ0n) is 17.4. The lowest BCUT2D eigenvalue weighted by atomic mass is 10.0. The SMILES string of the molecule is Cc1ccc(C)c(CC(=O)N/N=C/c2cc(Br)c(OCc3ccc(Cl)cc3Cl)c(Br)c2)c1. The number of nitrogens with zero attached hydrogens (tertiary/aromatic N) is 1. The van der Waals surface area contributed by atoms with Gasteiger partial charge < -0.3 is 4.74 Å². The van der Waals surface area contributed by atoms with Gasteiger partial charge in [0, 0.05) is 15.6 Å². The average Bonchev–Trinajstić information content (AvgIpc) is 2.71. The van der Waals surface area contributed by atoms with Gasteiger partial charge in [-0.1, -0.05) is 53.0 Å². The zero-order valence-corrected chi connectivity index (χ0v) is 22.1. The zero-order chi connectivity index (χ0) is 23.3. The number of amides is 1. The molecule has 0 aromatic heterocycles. The molecule has 0 heterocycles. The van der Waals surface area contributed by atoms with E-state index in [1.54, 1.807) is 18.3 Å². The summed E-state index contributed by atoms with van der Waals surface area (Å²) in [5.74, 6) is 0.458. The van der Waals surface area contributed by atoms with E-state index in [9.17, 15) is 4.79 Å². The molecule has 0 radical (unpaired) electrons. The molecule has 4 nitrogen and oxygen atoms in total. The monoisotopic (exact) mass is 596 g/mol. The minimum atomic E-state index is -0.173. The van der Waals surface area contributed by atoms with E-state index in [2.05, 4.69) is 42.4 Å². The van der Waals surface area contributed by atoms with E-state index in [1.807, 2.05) is 50.2 Å². The van der Waals surface area contributed by atoms with Crippen LogP contribution in [0.3, 0.4) is 0 Å². The highest BCUT2D eigenvalue weighted by Gasteiger charge is 2.11. The summed E-state index contributed by atoms with van der Waals surface area (Å²) in [6, 6.07) is 15.0. The van der Waals surface area contributed by atoms with E-state index < -0.39 is 0 Å². The maximum Gasteiger partial charge on any atom is 0.244 e. The number of hydrogen-bond donors (Lipinski definition) is 1. The first-order valence-corrected chi connectivity index (χ1v) is 12.0. The van der Waals surface area contributed by atoms with Crippen LogP contribution < -0.4 is 10.2 Å². The van der Waals surface area contributed by atoms with Crippen LogP contribution in [0, 0.1) is 13.8 Å². The molecule has 0 saturated heterocycles. The van der Waals surface area contributed by atoms with Crippen molar-refractivity contribution >= 4 is 67.2 Å². The normalized spacial score (nSPS) is 11.1. The number of benzene rings is 3. The van der Waals surface area contributed by atoms with Gasteiger partial charge in [0.05, 0.1) is 21.6 Å². The molecular formula is C24H20Br2Cl2N2O2. The second kappa shape index (κ2) is 11.3. The minimum absolute atomic E-state index is 0.173.